The number of aromatic nitrogens is 1. The normalized spacial score (nSPS) is 10.6. The number of alkyl halides is 1. The first-order valence-corrected chi connectivity index (χ1v) is 6.65. The predicted molar refractivity (Wildman–Crippen MR) is 76.0 cm³/mol. The van der Waals surface area contributed by atoms with Gasteiger partial charge in [-0.15, -0.1) is 11.6 Å². The van der Waals surface area contributed by atoms with Gasteiger partial charge in [-0.2, -0.15) is 0 Å². The summed E-state index contributed by atoms with van der Waals surface area (Å²) < 4.78 is 1.81. The molecule has 1 aromatic carbocycles. The molecule has 0 aliphatic carbocycles. The summed E-state index contributed by atoms with van der Waals surface area (Å²) in [5, 5.41) is 0. The van der Waals surface area contributed by atoms with Gasteiger partial charge < -0.3 is 4.57 Å². The second-order valence-corrected chi connectivity index (χ2v) is 4.47. The van der Waals surface area contributed by atoms with Crippen LogP contribution in [0, 0.1) is 0 Å². The number of benzene rings is 1. The molecule has 0 amide bonds. The molecule has 18 heavy (non-hydrogen) atoms. The van der Waals surface area contributed by atoms with Crippen LogP contribution in [0.25, 0.3) is 11.3 Å². The number of hydrogen-bond donors (Lipinski definition) is 0. The molecule has 0 unspecified atom stereocenters. The van der Waals surface area contributed by atoms with E-state index >= 15 is 0 Å². The maximum absolute atomic E-state index is 12.3. The molecule has 1 heterocycles. The zero-order valence-electron chi connectivity index (χ0n) is 10.4. The van der Waals surface area contributed by atoms with Crippen molar-refractivity contribution in [3.63, 3.8) is 0 Å². The van der Waals surface area contributed by atoms with Crippen molar-refractivity contribution in [1.82, 2.24) is 4.57 Å². The minimum absolute atomic E-state index is 0.0215. The SMILES string of the molecule is CCCn1c(-c2ccccc2)ccc(CCl)c1=O. The van der Waals surface area contributed by atoms with E-state index in [9.17, 15) is 4.79 Å². The molecule has 1 aromatic heterocycles. The van der Waals surface area contributed by atoms with Gasteiger partial charge in [-0.05, 0) is 18.1 Å². The van der Waals surface area contributed by atoms with Gasteiger partial charge in [-0.25, -0.2) is 0 Å². The fourth-order valence-corrected chi connectivity index (χ4v) is 2.24. The number of pyridine rings is 1. The second kappa shape index (κ2) is 5.87. The summed E-state index contributed by atoms with van der Waals surface area (Å²) in [5.74, 6) is 0.262. The van der Waals surface area contributed by atoms with Crippen molar-refractivity contribution >= 4 is 11.6 Å². The lowest BCUT2D eigenvalue weighted by molar-refractivity contribution is 0.656. The molecule has 0 radical (unpaired) electrons. The molecule has 2 nitrogen and oxygen atoms in total. The smallest absolute Gasteiger partial charge is 0.255 e. The third kappa shape index (κ3) is 2.49. The maximum Gasteiger partial charge on any atom is 0.255 e. The van der Waals surface area contributed by atoms with Crippen LogP contribution in [0.2, 0.25) is 0 Å². The van der Waals surface area contributed by atoms with E-state index in [1.54, 1.807) is 0 Å². The lowest BCUT2D eigenvalue weighted by Crippen LogP contribution is -2.24. The Bertz CT molecular complexity index is 575. The first-order chi connectivity index (χ1) is 8.77. The van der Waals surface area contributed by atoms with E-state index < -0.39 is 0 Å². The Balaban J connectivity index is 2.61. The van der Waals surface area contributed by atoms with Crippen molar-refractivity contribution < 1.29 is 0 Å². The van der Waals surface area contributed by atoms with Gasteiger partial charge in [0.25, 0.3) is 5.56 Å². The first kappa shape index (κ1) is 12.9. The summed E-state index contributed by atoms with van der Waals surface area (Å²) in [5.41, 5.74) is 2.69. The van der Waals surface area contributed by atoms with Gasteiger partial charge in [-0.1, -0.05) is 43.3 Å². The molecule has 0 atom stereocenters. The summed E-state index contributed by atoms with van der Waals surface area (Å²) >= 11 is 5.79. The highest BCUT2D eigenvalue weighted by Gasteiger charge is 2.08. The van der Waals surface area contributed by atoms with E-state index in [0.717, 1.165) is 17.7 Å². The van der Waals surface area contributed by atoms with E-state index in [1.807, 2.05) is 47.0 Å². The molecule has 0 spiro atoms. The second-order valence-electron chi connectivity index (χ2n) is 4.20. The fraction of sp³-hybridized carbons (Fsp3) is 0.267. The molecular weight excluding hydrogens is 246 g/mol. The minimum Gasteiger partial charge on any atom is -0.308 e. The Morgan fingerprint density at radius 3 is 2.44 bits per heavy atom. The van der Waals surface area contributed by atoms with Crippen molar-refractivity contribution in [2.75, 3.05) is 0 Å². The third-order valence-electron chi connectivity index (χ3n) is 2.91. The summed E-state index contributed by atoms with van der Waals surface area (Å²) in [7, 11) is 0. The highest BCUT2D eigenvalue weighted by atomic mass is 35.5. The lowest BCUT2D eigenvalue weighted by atomic mass is 10.1. The van der Waals surface area contributed by atoms with Crippen molar-refractivity contribution in [2.24, 2.45) is 0 Å². The Kier molecular flexibility index (Phi) is 4.21. The summed E-state index contributed by atoms with van der Waals surface area (Å²) in [6.45, 7) is 2.78. The van der Waals surface area contributed by atoms with Gasteiger partial charge in [0.2, 0.25) is 0 Å². The Morgan fingerprint density at radius 2 is 1.83 bits per heavy atom. The standard InChI is InChI=1S/C15H16ClNO/c1-2-10-17-14(12-6-4-3-5-7-12)9-8-13(11-16)15(17)18/h3-9H,2,10-11H2,1H3. The van der Waals surface area contributed by atoms with Crippen LogP contribution in [-0.2, 0) is 12.4 Å². The summed E-state index contributed by atoms with van der Waals surface area (Å²) in [6.07, 6.45) is 0.922. The van der Waals surface area contributed by atoms with Gasteiger partial charge in [0.15, 0.2) is 0 Å². The number of halogens is 1. The molecule has 94 valence electrons. The van der Waals surface area contributed by atoms with Crippen molar-refractivity contribution in [1.29, 1.82) is 0 Å². The topological polar surface area (TPSA) is 22.0 Å². The molecule has 0 bridgehead atoms. The molecule has 0 aliphatic heterocycles. The first-order valence-electron chi connectivity index (χ1n) is 6.12. The molecule has 2 rings (SSSR count). The lowest BCUT2D eigenvalue weighted by Gasteiger charge is -2.13. The maximum atomic E-state index is 12.3. The molecule has 0 N–H and O–H groups in total. The molecule has 2 aromatic rings. The molecular formula is C15H16ClNO. The van der Waals surface area contributed by atoms with Crippen molar-refractivity contribution in [2.45, 2.75) is 25.8 Å². The minimum atomic E-state index is 0.0215. The fourth-order valence-electron chi connectivity index (χ4n) is 2.03. The number of nitrogens with zero attached hydrogens (tertiary/aromatic N) is 1. The van der Waals surface area contributed by atoms with Crippen LogP contribution in [0.1, 0.15) is 18.9 Å². The molecule has 0 aliphatic rings. The zero-order chi connectivity index (χ0) is 13.0. The zero-order valence-corrected chi connectivity index (χ0v) is 11.2. The van der Waals surface area contributed by atoms with E-state index in [1.165, 1.54) is 0 Å². The van der Waals surface area contributed by atoms with Crippen LogP contribution in [0.15, 0.2) is 47.3 Å². The summed E-state index contributed by atoms with van der Waals surface area (Å²) in [4.78, 5) is 12.3. The quantitative estimate of drug-likeness (QED) is 0.770. The van der Waals surface area contributed by atoms with Crippen LogP contribution >= 0.6 is 11.6 Å². The average Bonchev–Trinajstić information content (AvgIpc) is 2.42. The molecule has 3 heteroatoms. The highest BCUT2D eigenvalue weighted by Crippen LogP contribution is 2.18. The molecule has 0 saturated carbocycles. The van der Waals surface area contributed by atoms with Crippen LogP contribution < -0.4 is 5.56 Å². The third-order valence-corrected chi connectivity index (χ3v) is 3.20. The van der Waals surface area contributed by atoms with E-state index in [0.29, 0.717) is 12.1 Å². The molecule has 0 saturated heterocycles. The summed E-state index contributed by atoms with van der Waals surface area (Å²) in [6, 6.07) is 13.8. The van der Waals surface area contributed by atoms with Gasteiger partial charge >= 0.3 is 0 Å². The van der Waals surface area contributed by atoms with E-state index in [-0.39, 0.29) is 11.4 Å². The number of hydrogen-bond acceptors (Lipinski definition) is 1. The van der Waals surface area contributed by atoms with E-state index in [4.69, 9.17) is 11.6 Å². The van der Waals surface area contributed by atoms with Crippen LogP contribution in [0.5, 0.6) is 0 Å². The average molecular weight is 262 g/mol. The predicted octanol–water partition coefficient (Wildman–Crippen LogP) is 3.66. The Hall–Kier alpha value is -1.54. The van der Waals surface area contributed by atoms with Crippen LogP contribution in [0.3, 0.4) is 0 Å². The van der Waals surface area contributed by atoms with Gasteiger partial charge in [0, 0.05) is 12.1 Å². The Labute approximate surface area is 112 Å². The highest BCUT2D eigenvalue weighted by molar-refractivity contribution is 6.17. The van der Waals surface area contributed by atoms with Crippen molar-refractivity contribution in [3.8, 4) is 11.3 Å². The van der Waals surface area contributed by atoms with Gasteiger partial charge in [0.05, 0.1) is 11.6 Å². The van der Waals surface area contributed by atoms with Crippen LogP contribution in [0.4, 0.5) is 0 Å². The van der Waals surface area contributed by atoms with E-state index in [2.05, 4.69) is 6.92 Å². The Morgan fingerprint density at radius 1 is 1.11 bits per heavy atom. The largest absolute Gasteiger partial charge is 0.308 e. The van der Waals surface area contributed by atoms with Gasteiger partial charge in [-0.3, -0.25) is 4.79 Å². The monoisotopic (exact) mass is 261 g/mol. The van der Waals surface area contributed by atoms with Crippen LogP contribution in [-0.4, -0.2) is 4.57 Å². The molecule has 0 fully saturated rings. The van der Waals surface area contributed by atoms with Crippen molar-refractivity contribution in [3.05, 3.63) is 58.4 Å². The van der Waals surface area contributed by atoms with Gasteiger partial charge in [0.1, 0.15) is 0 Å². The number of rotatable bonds is 4.